The van der Waals surface area contributed by atoms with Gasteiger partial charge in [0.1, 0.15) is 5.75 Å². The molecule has 0 aromatic heterocycles. The molecule has 0 bridgehead atoms. The van der Waals surface area contributed by atoms with Crippen molar-refractivity contribution in [3.8, 4) is 5.75 Å². The lowest BCUT2D eigenvalue weighted by molar-refractivity contribution is -0.384. The minimum Gasteiger partial charge on any atom is -0.494 e. The van der Waals surface area contributed by atoms with Crippen molar-refractivity contribution < 1.29 is 14.8 Å². The third-order valence-electron chi connectivity index (χ3n) is 3.22. The van der Waals surface area contributed by atoms with Gasteiger partial charge in [0.15, 0.2) is 0 Å². The molecule has 0 saturated carbocycles. The van der Waals surface area contributed by atoms with Gasteiger partial charge in [0, 0.05) is 30.5 Å². The van der Waals surface area contributed by atoms with E-state index < -0.39 is 4.92 Å². The highest BCUT2D eigenvalue weighted by Gasteiger charge is 2.24. The minimum atomic E-state index is -0.439. The van der Waals surface area contributed by atoms with E-state index in [0.29, 0.717) is 24.5 Å². The Morgan fingerprint density at radius 1 is 1.38 bits per heavy atom. The molecule has 0 heterocycles. The predicted octanol–water partition coefficient (Wildman–Crippen LogP) is 3.20. The highest BCUT2D eigenvalue weighted by molar-refractivity contribution is 5.57. The van der Waals surface area contributed by atoms with Crippen LogP contribution in [-0.4, -0.2) is 29.3 Å². The Balaban J connectivity index is 3.07. The van der Waals surface area contributed by atoms with Crippen molar-refractivity contribution >= 4 is 11.4 Å². The first-order chi connectivity index (χ1) is 9.77. The Labute approximate surface area is 125 Å². The van der Waals surface area contributed by atoms with Crippen molar-refractivity contribution in [2.45, 2.75) is 40.2 Å². The molecule has 0 amide bonds. The lowest BCUT2D eigenvalue weighted by atomic mass is 9.85. The molecule has 0 radical (unpaired) electrons. The summed E-state index contributed by atoms with van der Waals surface area (Å²) >= 11 is 0. The molecular weight excluding hydrogens is 272 g/mol. The second kappa shape index (κ2) is 7.26. The summed E-state index contributed by atoms with van der Waals surface area (Å²) in [6, 6.07) is 4.64. The topological polar surface area (TPSA) is 84.6 Å². The van der Waals surface area contributed by atoms with Gasteiger partial charge in [0.25, 0.3) is 5.69 Å². The molecule has 1 atom stereocenters. The van der Waals surface area contributed by atoms with E-state index in [1.807, 2.05) is 6.92 Å². The standard InChI is InChI=1S/C15H24N2O4/c1-5-21-13-9-11(8-12(10-13)17(19)20)16-14(6-7-18)15(2,3)4/h8-10,14,16,18H,5-7H2,1-4H3. The van der Waals surface area contributed by atoms with Gasteiger partial charge in [-0.3, -0.25) is 10.1 Å². The van der Waals surface area contributed by atoms with Gasteiger partial charge in [-0.25, -0.2) is 0 Å². The summed E-state index contributed by atoms with van der Waals surface area (Å²) < 4.78 is 5.37. The SMILES string of the molecule is CCOc1cc(NC(CCO)C(C)(C)C)cc([N+](=O)[O-])c1. The molecule has 0 saturated heterocycles. The summed E-state index contributed by atoms with van der Waals surface area (Å²) in [5, 5.41) is 23.5. The van der Waals surface area contributed by atoms with Gasteiger partial charge in [-0.2, -0.15) is 0 Å². The van der Waals surface area contributed by atoms with E-state index in [1.165, 1.54) is 12.1 Å². The molecule has 1 aromatic rings. The van der Waals surface area contributed by atoms with Crippen LogP contribution in [0.3, 0.4) is 0 Å². The molecule has 1 unspecified atom stereocenters. The van der Waals surface area contributed by atoms with Crippen molar-refractivity contribution in [3.05, 3.63) is 28.3 Å². The Morgan fingerprint density at radius 2 is 2.05 bits per heavy atom. The number of anilines is 1. The zero-order valence-electron chi connectivity index (χ0n) is 13.0. The van der Waals surface area contributed by atoms with E-state index in [4.69, 9.17) is 4.74 Å². The normalized spacial score (nSPS) is 12.8. The number of nitrogens with one attached hydrogen (secondary N) is 1. The van der Waals surface area contributed by atoms with Gasteiger partial charge in [0.2, 0.25) is 0 Å². The van der Waals surface area contributed by atoms with Crippen molar-refractivity contribution in [2.24, 2.45) is 5.41 Å². The number of nitro groups is 1. The number of hydrogen-bond donors (Lipinski definition) is 2. The maximum atomic E-state index is 11.0. The number of hydrogen-bond acceptors (Lipinski definition) is 5. The molecule has 0 fully saturated rings. The van der Waals surface area contributed by atoms with Gasteiger partial charge < -0.3 is 15.2 Å². The lowest BCUT2D eigenvalue weighted by Gasteiger charge is -2.32. The summed E-state index contributed by atoms with van der Waals surface area (Å²) in [6.07, 6.45) is 0.566. The van der Waals surface area contributed by atoms with Gasteiger partial charge >= 0.3 is 0 Å². The van der Waals surface area contributed by atoms with Crippen molar-refractivity contribution in [2.75, 3.05) is 18.5 Å². The van der Waals surface area contributed by atoms with Crippen LogP contribution in [0.25, 0.3) is 0 Å². The second-order valence-corrected chi connectivity index (χ2v) is 5.98. The van der Waals surface area contributed by atoms with Gasteiger partial charge in [0.05, 0.1) is 17.6 Å². The third kappa shape index (κ3) is 5.23. The molecule has 6 heteroatoms. The molecule has 1 rings (SSSR count). The van der Waals surface area contributed by atoms with Crippen LogP contribution in [0, 0.1) is 15.5 Å². The van der Waals surface area contributed by atoms with Gasteiger partial charge in [-0.15, -0.1) is 0 Å². The highest BCUT2D eigenvalue weighted by Crippen LogP contribution is 2.30. The summed E-state index contributed by atoms with van der Waals surface area (Å²) in [5.74, 6) is 0.464. The molecule has 118 valence electrons. The predicted molar refractivity (Wildman–Crippen MR) is 82.8 cm³/mol. The minimum absolute atomic E-state index is 0.000944. The van der Waals surface area contributed by atoms with Crippen molar-refractivity contribution in [1.29, 1.82) is 0 Å². The highest BCUT2D eigenvalue weighted by atomic mass is 16.6. The zero-order chi connectivity index (χ0) is 16.0. The van der Waals surface area contributed by atoms with E-state index in [-0.39, 0.29) is 23.8 Å². The lowest BCUT2D eigenvalue weighted by Crippen LogP contribution is -2.34. The fourth-order valence-corrected chi connectivity index (χ4v) is 2.07. The summed E-state index contributed by atoms with van der Waals surface area (Å²) in [7, 11) is 0. The number of ether oxygens (including phenoxy) is 1. The van der Waals surface area contributed by atoms with Gasteiger partial charge in [-0.05, 0) is 18.8 Å². The summed E-state index contributed by atoms with van der Waals surface area (Å²) in [6.45, 7) is 8.50. The molecule has 0 aliphatic rings. The van der Waals surface area contributed by atoms with E-state index in [2.05, 4.69) is 26.1 Å². The quantitative estimate of drug-likeness (QED) is 0.596. The first kappa shape index (κ1) is 17.2. The van der Waals surface area contributed by atoms with Gasteiger partial charge in [-0.1, -0.05) is 20.8 Å². The molecule has 0 aliphatic carbocycles. The van der Waals surface area contributed by atoms with Crippen LogP contribution in [0.1, 0.15) is 34.1 Å². The zero-order valence-corrected chi connectivity index (χ0v) is 13.0. The number of nitrogens with zero attached hydrogens (tertiary/aromatic N) is 1. The number of benzene rings is 1. The maximum Gasteiger partial charge on any atom is 0.275 e. The second-order valence-electron chi connectivity index (χ2n) is 5.98. The Hall–Kier alpha value is -1.82. The fourth-order valence-electron chi connectivity index (χ4n) is 2.07. The van der Waals surface area contributed by atoms with E-state index in [0.717, 1.165) is 0 Å². The average Bonchev–Trinajstić information content (AvgIpc) is 2.37. The molecule has 6 nitrogen and oxygen atoms in total. The average molecular weight is 296 g/mol. The van der Waals surface area contributed by atoms with Crippen LogP contribution in [0.15, 0.2) is 18.2 Å². The smallest absolute Gasteiger partial charge is 0.275 e. The van der Waals surface area contributed by atoms with E-state index in [1.54, 1.807) is 6.07 Å². The molecule has 21 heavy (non-hydrogen) atoms. The van der Waals surface area contributed by atoms with E-state index in [9.17, 15) is 15.2 Å². The van der Waals surface area contributed by atoms with Crippen LogP contribution >= 0.6 is 0 Å². The number of aliphatic hydroxyl groups is 1. The number of non-ortho nitro benzene ring substituents is 1. The Kier molecular flexibility index (Phi) is 5.96. The summed E-state index contributed by atoms with van der Waals surface area (Å²) in [5.41, 5.74) is 0.528. The van der Waals surface area contributed by atoms with Crippen LogP contribution in [0.5, 0.6) is 5.75 Å². The Bertz CT molecular complexity index is 483. The van der Waals surface area contributed by atoms with Crippen molar-refractivity contribution in [3.63, 3.8) is 0 Å². The van der Waals surface area contributed by atoms with Crippen molar-refractivity contribution in [1.82, 2.24) is 0 Å². The molecule has 2 N–H and O–H groups in total. The van der Waals surface area contributed by atoms with Crippen LogP contribution in [0.4, 0.5) is 11.4 Å². The Morgan fingerprint density at radius 3 is 2.52 bits per heavy atom. The van der Waals surface area contributed by atoms with Crippen LogP contribution in [-0.2, 0) is 0 Å². The van der Waals surface area contributed by atoms with Crippen LogP contribution in [0.2, 0.25) is 0 Å². The monoisotopic (exact) mass is 296 g/mol. The number of nitro benzene ring substituents is 1. The molecule has 0 aliphatic heterocycles. The van der Waals surface area contributed by atoms with E-state index >= 15 is 0 Å². The third-order valence-corrected chi connectivity index (χ3v) is 3.22. The van der Waals surface area contributed by atoms with Crippen LogP contribution < -0.4 is 10.1 Å². The largest absolute Gasteiger partial charge is 0.494 e. The first-order valence-corrected chi connectivity index (χ1v) is 7.07. The maximum absolute atomic E-state index is 11.0. The molecule has 0 spiro atoms. The first-order valence-electron chi connectivity index (χ1n) is 7.07. The molecule has 1 aromatic carbocycles. The fraction of sp³-hybridized carbons (Fsp3) is 0.600. The molecular formula is C15H24N2O4. The number of rotatable bonds is 7. The summed E-state index contributed by atoms with van der Waals surface area (Å²) in [4.78, 5) is 10.6. The number of aliphatic hydroxyl groups excluding tert-OH is 1.